The van der Waals surface area contributed by atoms with Gasteiger partial charge in [-0.2, -0.15) is 5.10 Å². The van der Waals surface area contributed by atoms with Gasteiger partial charge in [0.15, 0.2) is 0 Å². The first-order valence-electron chi connectivity index (χ1n) is 7.99. The molecule has 130 valence electrons. The molecule has 3 rings (SSSR count). The van der Waals surface area contributed by atoms with Gasteiger partial charge < -0.3 is 4.90 Å². The van der Waals surface area contributed by atoms with E-state index in [4.69, 9.17) is 0 Å². The molecule has 3 heterocycles. The van der Waals surface area contributed by atoms with Crippen LogP contribution in [0.4, 0.5) is 4.39 Å². The molecule has 6 nitrogen and oxygen atoms in total. The predicted molar refractivity (Wildman–Crippen MR) is 90.4 cm³/mol. The lowest BCUT2D eigenvalue weighted by atomic mass is 10.1. The van der Waals surface area contributed by atoms with E-state index < -0.39 is 6.17 Å². The Balaban J connectivity index is 1.57. The Morgan fingerprint density at radius 2 is 2.38 bits per heavy atom. The quantitative estimate of drug-likeness (QED) is 0.791. The summed E-state index contributed by atoms with van der Waals surface area (Å²) in [6.07, 6.45) is 5.26. The van der Waals surface area contributed by atoms with Gasteiger partial charge in [-0.1, -0.05) is 0 Å². The number of hydrogen-bond donors (Lipinski definition) is 0. The van der Waals surface area contributed by atoms with Crippen LogP contribution >= 0.6 is 11.3 Å². The van der Waals surface area contributed by atoms with Crippen LogP contribution in [0.1, 0.15) is 17.0 Å². The van der Waals surface area contributed by atoms with Gasteiger partial charge in [-0.25, -0.2) is 9.37 Å². The summed E-state index contributed by atoms with van der Waals surface area (Å²) in [6, 6.07) is 0.0340. The number of alkyl halides is 1. The molecule has 1 amide bonds. The van der Waals surface area contributed by atoms with E-state index in [0.29, 0.717) is 32.5 Å². The molecule has 8 heteroatoms. The van der Waals surface area contributed by atoms with Gasteiger partial charge in [0.1, 0.15) is 11.2 Å². The lowest BCUT2D eigenvalue weighted by molar-refractivity contribution is -0.129. The van der Waals surface area contributed by atoms with E-state index in [1.807, 2.05) is 18.6 Å². The number of rotatable bonds is 6. The second-order valence-electron chi connectivity index (χ2n) is 6.32. The topological polar surface area (TPSA) is 54.3 Å². The van der Waals surface area contributed by atoms with Crippen LogP contribution in [0.15, 0.2) is 24.0 Å². The van der Waals surface area contributed by atoms with Crippen molar-refractivity contribution in [2.45, 2.75) is 31.6 Å². The third kappa shape index (κ3) is 4.18. The molecule has 0 spiro atoms. The van der Waals surface area contributed by atoms with E-state index in [1.54, 1.807) is 40.4 Å². The van der Waals surface area contributed by atoms with Crippen LogP contribution in [0.3, 0.4) is 0 Å². The van der Waals surface area contributed by atoms with E-state index in [1.165, 1.54) is 0 Å². The van der Waals surface area contributed by atoms with Gasteiger partial charge in [0, 0.05) is 51.0 Å². The van der Waals surface area contributed by atoms with Gasteiger partial charge in [0.05, 0.1) is 19.2 Å². The zero-order chi connectivity index (χ0) is 17.1. The van der Waals surface area contributed by atoms with Crippen molar-refractivity contribution in [3.8, 4) is 0 Å². The maximum atomic E-state index is 13.9. The average Bonchev–Trinajstić information content (AvgIpc) is 3.24. The fourth-order valence-corrected chi connectivity index (χ4v) is 3.74. The number of likely N-dealkylation sites (N-methyl/N-ethyl adjacent to an activating group) is 1. The first kappa shape index (κ1) is 17.0. The molecule has 1 fully saturated rings. The van der Waals surface area contributed by atoms with Crippen LogP contribution in [0.2, 0.25) is 0 Å². The van der Waals surface area contributed by atoms with Crippen molar-refractivity contribution in [1.82, 2.24) is 24.6 Å². The van der Waals surface area contributed by atoms with Gasteiger partial charge >= 0.3 is 0 Å². The largest absolute Gasteiger partial charge is 0.344 e. The number of thiazole rings is 1. The second-order valence-corrected chi connectivity index (χ2v) is 7.29. The Hall–Kier alpha value is -1.80. The monoisotopic (exact) mass is 351 g/mol. The molecule has 0 unspecified atom stereocenters. The van der Waals surface area contributed by atoms with Crippen molar-refractivity contribution >= 4 is 17.2 Å². The van der Waals surface area contributed by atoms with E-state index in [0.717, 1.165) is 10.6 Å². The molecular weight excluding hydrogens is 329 g/mol. The molecule has 2 aromatic rings. The normalized spacial score (nSPS) is 21.3. The molecule has 0 bridgehead atoms. The van der Waals surface area contributed by atoms with Crippen molar-refractivity contribution < 1.29 is 9.18 Å². The summed E-state index contributed by atoms with van der Waals surface area (Å²) >= 11 is 1.58. The summed E-state index contributed by atoms with van der Waals surface area (Å²) in [4.78, 5) is 20.5. The third-order valence-electron chi connectivity index (χ3n) is 4.32. The zero-order valence-corrected chi connectivity index (χ0v) is 14.7. The molecule has 1 aliphatic rings. The maximum absolute atomic E-state index is 13.9. The molecule has 2 atom stereocenters. The summed E-state index contributed by atoms with van der Waals surface area (Å²) in [5, 5.41) is 6.99. The minimum absolute atomic E-state index is 0.0273. The Labute approximate surface area is 144 Å². The molecule has 1 saturated heterocycles. The van der Waals surface area contributed by atoms with E-state index in [2.05, 4.69) is 15.0 Å². The molecule has 24 heavy (non-hydrogen) atoms. The van der Waals surface area contributed by atoms with E-state index >= 15 is 0 Å². The number of nitrogens with zero attached hydrogens (tertiary/aromatic N) is 5. The molecule has 0 radical (unpaired) electrons. The minimum atomic E-state index is -0.836. The molecule has 0 N–H and O–H groups in total. The first-order valence-corrected chi connectivity index (χ1v) is 8.87. The first-order chi connectivity index (χ1) is 11.5. The van der Waals surface area contributed by atoms with Gasteiger partial charge in [-0.15, -0.1) is 11.3 Å². The molecule has 2 aromatic heterocycles. The maximum Gasteiger partial charge on any atom is 0.226 e. The Morgan fingerprint density at radius 1 is 1.54 bits per heavy atom. The summed E-state index contributed by atoms with van der Waals surface area (Å²) in [6.45, 7) is 1.59. The van der Waals surface area contributed by atoms with Gasteiger partial charge in [-0.3, -0.25) is 14.4 Å². The highest BCUT2D eigenvalue weighted by Gasteiger charge is 2.33. The van der Waals surface area contributed by atoms with Gasteiger partial charge in [0.2, 0.25) is 5.91 Å². The van der Waals surface area contributed by atoms with Crippen LogP contribution < -0.4 is 0 Å². The molecule has 0 saturated carbocycles. The summed E-state index contributed by atoms with van der Waals surface area (Å²) < 4.78 is 15.6. The molecular formula is C16H22FN5OS. The lowest BCUT2D eigenvalue weighted by Gasteiger charge is -2.27. The Morgan fingerprint density at radius 3 is 3.04 bits per heavy atom. The van der Waals surface area contributed by atoms with Gasteiger partial charge in [-0.05, 0) is 12.0 Å². The minimum Gasteiger partial charge on any atom is -0.344 e. The number of carbonyl (C=O) groups is 1. The average molecular weight is 351 g/mol. The van der Waals surface area contributed by atoms with Crippen LogP contribution in [0.25, 0.3) is 0 Å². The summed E-state index contributed by atoms with van der Waals surface area (Å²) in [5.74, 6) is 0.0273. The Bertz CT molecular complexity index is 674. The van der Waals surface area contributed by atoms with Crippen molar-refractivity contribution in [1.29, 1.82) is 0 Å². The predicted octanol–water partition coefficient (Wildman–Crippen LogP) is 1.49. The van der Waals surface area contributed by atoms with Crippen LogP contribution in [0, 0.1) is 0 Å². The standard InChI is InChI=1S/C16H22FN5OS/c1-20(16(23)5-12-7-19-21(2)8-12)10-14-6-13(17)9-22(14)11-15-18-3-4-24-15/h3-4,7-8,13-14H,5-6,9-11H2,1-2H3/t13-,14-/m0/s1. The van der Waals surface area contributed by atoms with Crippen molar-refractivity contribution in [2.24, 2.45) is 7.05 Å². The highest BCUT2D eigenvalue weighted by atomic mass is 32.1. The fourth-order valence-electron chi connectivity index (χ4n) is 3.10. The SMILES string of the molecule is CN(C[C@@H]1C[C@H](F)CN1Cc1nccs1)C(=O)Cc1cnn(C)c1. The summed E-state index contributed by atoms with van der Waals surface area (Å²) in [5.41, 5.74) is 0.892. The Kier molecular flexibility index (Phi) is 5.25. The van der Waals surface area contributed by atoms with Crippen molar-refractivity contribution in [3.63, 3.8) is 0 Å². The number of likely N-dealkylation sites (tertiary alicyclic amines) is 1. The zero-order valence-electron chi connectivity index (χ0n) is 13.9. The number of aromatic nitrogens is 3. The highest BCUT2D eigenvalue weighted by Crippen LogP contribution is 2.24. The number of amides is 1. The van der Waals surface area contributed by atoms with Gasteiger partial charge in [0.25, 0.3) is 0 Å². The van der Waals surface area contributed by atoms with Crippen LogP contribution in [0.5, 0.6) is 0 Å². The molecule has 0 aliphatic carbocycles. The lowest BCUT2D eigenvalue weighted by Crippen LogP contribution is -2.41. The van der Waals surface area contributed by atoms with E-state index in [-0.39, 0.29) is 11.9 Å². The fraction of sp³-hybridized carbons (Fsp3) is 0.562. The number of aryl methyl sites for hydroxylation is 1. The summed E-state index contributed by atoms with van der Waals surface area (Å²) in [7, 11) is 3.61. The molecule has 1 aliphatic heterocycles. The van der Waals surface area contributed by atoms with Crippen LogP contribution in [-0.4, -0.2) is 62.8 Å². The highest BCUT2D eigenvalue weighted by molar-refractivity contribution is 7.09. The molecule has 0 aromatic carbocycles. The number of hydrogen-bond acceptors (Lipinski definition) is 5. The second kappa shape index (κ2) is 7.40. The van der Waals surface area contributed by atoms with Crippen molar-refractivity contribution in [3.05, 3.63) is 34.5 Å². The smallest absolute Gasteiger partial charge is 0.226 e. The number of halogens is 1. The third-order valence-corrected chi connectivity index (χ3v) is 5.09. The number of carbonyl (C=O) groups excluding carboxylic acids is 1. The van der Waals surface area contributed by atoms with E-state index in [9.17, 15) is 9.18 Å². The van der Waals surface area contributed by atoms with Crippen molar-refractivity contribution in [2.75, 3.05) is 20.1 Å². The van der Waals surface area contributed by atoms with Crippen LogP contribution in [-0.2, 0) is 24.8 Å².